The second kappa shape index (κ2) is 12.0. The monoisotopic (exact) mass is 533 g/mol. The predicted molar refractivity (Wildman–Crippen MR) is 149 cm³/mol. The molecule has 0 spiro atoms. The van der Waals surface area contributed by atoms with Crippen LogP contribution in [0.15, 0.2) is 60.9 Å². The number of thiol groups is 1. The van der Waals surface area contributed by atoms with Gasteiger partial charge < -0.3 is 25.2 Å². The van der Waals surface area contributed by atoms with Gasteiger partial charge in [-0.15, -0.1) is 0 Å². The maximum atomic E-state index is 13.3. The Balaban J connectivity index is 1.41. The van der Waals surface area contributed by atoms with Crippen molar-refractivity contribution in [3.8, 4) is 11.5 Å². The summed E-state index contributed by atoms with van der Waals surface area (Å²) in [7, 11) is 3.18. The molecular formula is C29H31N3O5S. The highest BCUT2D eigenvalue weighted by atomic mass is 32.1. The standard InChI is InChI=1S/C29H31N3O5S/c1-36-24-14-20-10-11-32(17-22(20)15-25(24)37-2)28(33)21-5-3-4-18(12-21)6-8-26(38)23(29(34)35)13-19-7-9-27(30)31-16-19/h3-5,7,9-12,14-16,23,26,38H,6,8,13,17H2,1-2H3,(H2,30,31)(H,34,35). The number of pyridine rings is 1. The summed E-state index contributed by atoms with van der Waals surface area (Å²) in [6.45, 7) is 0.411. The highest BCUT2D eigenvalue weighted by Gasteiger charge is 2.26. The maximum Gasteiger partial charge on any atom is 0.307 e. The highest BCUT2D eigenvalue weighted by molar-refractivity contribution is 7.81. The van der Waals surface area contributed by atoms with Gasteiger partial charge in [-0.2, -0.15) is 12.6 Å². The van der Waals surface area contributed by atoms with Gasteiger partial charge in [-0.3, -0.25) is 9.59 Å². The number of hydrogen-bond donors (Lipinski definition) is 3. The number of aryl methyl sites for hydroxylation is 1. The lowest BCUT2D eigenvalue weighted by molar-refractivity contribution is -0.141. The van der Waals surface area contributed by atoms with Gasteiger partial charge in [0, 0.05) is 23.2 Å². The molecule has 0 bridgehead atoms. The molecule has 2 unspecified atom stereocenters. The summed E-state index contributed by atoms with van der Waals surface area (Å²) in [6, 6.07) is 14.7. The van der Waals surface area contributed by atoms with E-state index in [9.17, 15) is 14.7 Å². The van der Waals surface area contributed by atoms with Crippen LogP contribution in [-0.2, 0) is 24.2 Å². The van der Waals surface area contributed by atoms with E-state index >= 15 is 0 Å². The fourth-order valence-corrected chi connectivity index (χ4v) is 4.88. The SMILES string of the molecule is COc1cc2c(cc1OC)CN(C(=O)c1cccc(CCC(S)C(Cc3ccc(N)nc3)C(=O)O)c1)C=C2. The lowest BCUT2D eigenvalue weighted by Crippen LogP contribution is -2.28. The molecule has 0 saturated carbocycles. The van der Waals surface area contributed by atoms with Crippen LogP contribution >= 0.6 is 12.6 Å². The summed E-state index contributed by atoms with van der Waals surface area (Å²) in [5.74, 6) is -0.0578. The van der Waals surface area contributed by atoms with Crippen molar-refractivity contribution in [3.63, 3.8) is 0 Å². The fourth-order valence-electron chi connectivity index (χ4n) is 4.51. The minimum atomic E-state index is -0.905. The first-order chi connectivity index (χ1) is 18.3. The van der Waals surface area contributed by atoms with Crippen molar-refractivity contribution in [2.24, 2.45) is 5.92 Å². The number of anilines is 1. The quantitative estimate of drug-likeness (QED) is 0.329. The van der Waals surface area contributed by atoms with Crippen LogP contribution in [0.2, 0.25) is 0 Å². The van der Waals surface area contributed by atoms with E-state index in [4.69, 9.17) is 15.2 Å². The van der Waals surface area contributed by atoms with Crippen molar-refractivity contribution >= 4 is 36.4 Å². The average molecular weight is 534 g/mol. The van der Waals surface area contributed by atoms with E-state index in [0.717, 1.165) is 22.3 Å². The molecule has 1 aliphatic heterocycles. The van der Waals surface area contributed by atoms with Gasteiger partial charge in [0.15, 0.2) is 11.5 Å². The number of nitrogens with two attached hydrogens (primary N) is 1. The number of ether oxygens (including phenoxy) is 2. The summed E-state index contributed by atoms with van der Waals surface area (Å²) < 4.78 is 10.8. The third-order valence-corrected chi connectivity index (χ3v) is 7.29. The molecule has 1 aromatic heterocycles. The number of nitrogens with zero attached hydrogens (tertiary/aromatic N) is 2. The van der Waals surface area contributed by atoms with Crippen molar-refractivity contribution in [2.75, 3.05) is 20.0 Å². The molecule has 9 heteroatoms. The molecule has 38 heavy (non-hydrogen) atoms. The molecule has 2 atom stereocenters. The molecule has 198 valence electrons. The van der Waals surface area contributed by atoms with Gasteiger partial charge in [0.05, 0.1) is 26.7 Å². The van der Waals surface area contributed by atoms with Gasteiger partial charge in [-0.1, -0.05) is 18.2 Å². The molecule has 4 rings (SSSR count). The summed E-state index contributed by atoms with van der Waals surface area (Å²) in [4.78, 5) is 31.0. The highest BCUT2D eigenvalue weighted by Crippen LogP contribution is 2.34. The molecule has 0 fully saturated rings. The number of carboxylic acids is 1. The summed E-state index contributed by atoms with van der Waals surface area (Å²) in [5.41, 5.74) is 9.87. The topological polar surface area (TPSA) is 115 Å². The maximum absolute atomic E-state index is 13.3. The first-order valence-electron chi connectivity index (χ1n) is 12.2. The zero-order chi connectivity index (χ0) is 27.2. The third-order valence-electron chi connectivity index (χ3n) is 6.67. The Labute approximate surface area is 227 Å². The van der Waals surface area contributed by atoms with Crippen LogP contribution in [0.4, 0.5) is 5.82 Å². The molecule has 0 radical (unpaired) electrons. The van der Waals surface area contributed by atoms with Crippen molar-refractivity contribution in [1.29, 1.82) is 0 Å². The zero-order valence-electron chi connectivity index (χ0n) is 21.3. The van der Waals surface area contributed by atoms with Gasteiger partial charge >= 0.3 is 5.97 Å². The number of aliphatic carboxylic acids is 1. The normalized spacial score (nSPS) is 13.9. The Morgan fingerprint density at radius 3 is 2.55 bits per heavy atom. The van der Waals surface area contributed by atoms with Crippen molar-refractivity contribution in [1.82, 2.24) is 9.88 Å². The molecule has 2 aromatic carbocycles. The molecule has 1 aliphatic rings. The molecule has 3 N–H and O–H groups in total. The van der Waals surface area contributed by atoms with Crippen molar-refractivity contribution in [2.45, 2.75) is 31.1 Å². The molecule has 8 nitrogen and oxygen atoms in total. The van der Waals surface area contributed by atoms with Crippen LogP contribution in [0.1, 0.15) is 39.0 Å². The van der Waals surface area contributed by atoms with Crippen LogP contribution in [0.5, 0.6) is 11.5 Å². The number of carboxylic acid groups (broad SMARTS) is 1. The molecule has 1 amide bonds. The van der Waals surface area contributed by atoms with Crippen LogP contribution < -0.4 is 15.2 Å². The molecule has 0 aliphatic carbocycles. The zero-order valence-corrected chi connectivity index (χ0v) is 22.2. The number of methoxy groups -OCH3 is 2. The van der Waals surface area contributed by atoms with E-state index in [1.807, 2.05) is 36.4 Å². The van der Waals surface area contributed by atoms with Crippen LogP contribution in [0.25, 0.3) is 6.08 Å². The van der Waals surface area contributed by atoms with Crippen LogP contribution in [-0.4, -0.2) is 46.3 Å². The minimum absolute atomic E-state index is 0.120. The Morgan fingerprint density at radius 2 is 1.87 bits per heavy atom. The Morgan fingerprint density at radius 1 is 1.11 bits per heavy atom. The third kappa shape index (κ3) is 6.28. The summed E-state index contributed by atoms with van der Waals surface area (Å²) in [5, 5.41) is 9.41. The van der Waals surface area contributed by atoms with E-state index in [0.29, 0.717) is 48.7 Å². The van der Waals surface area contributed by atoms with E-state index in [1.54, 1.807) is 49.7 Å². The smallest absolute Gasteiger partial charge is 0.307 e. The Bertz CT molecular complexity index is 1340. The summed E-state index contributed by atoms with van der Waals surface area (Å²) in [6.07, 6.45) is 6.70. The minimum Gasteiger partial charge on any atom is -0.493 e. The second-order valence-electron chi connectivity index (χ2n) is 9.20. The van der Waals surface area contributed by atoms with Crippen LogP contribution in [0.3, 0.4) is 0 Å². The van der Waals surface area contributed by atoms with Crippen molar-refractivity contribution < 1.29 is 24.2 Å². The Hall–Kier alpha value is -3.98. The van der Waals surface area contributed by atoms with E-state index in [-0.39, 0.29) is 11.2 Å². The number of benzene rings is 2. The van der Waals surface area contributed by atoms with Gasteiger partial charge in [0.1, 0.15) is 5.82 Å². The number of rotatable bonds is 10. The molecular weight excluding hydrogens is 502 g/mol. The van der Waals surface area contributed by atoms with E-state index in [1.165, 1.54) is 0 Å². The number of amides is 1. The first-order valence-corrected chi connectivity index (χ1v) is 12.7. The largest absolute Gasteiger partial charge is 0.493 e. The van der Waals surface area contributed by atoms with Crippen molar-refractivity contribution in [3.05, 3.63) is 88.7 Å². The fraction of sp³-hybridized carbons (Fsp3) is 0.276. The number of carbonyl (C=O) groups is 2. The number of carbonyl (C=O) groups excluding carboxylic acids is 1. The molecule has 3 aromatic rings. The van der Waals surface area contributed by atoms with Gasteiger partial charge in [0.25, 0.3) is 5.91 Å². The number of fused-ring (bicyclic) bond motifs is 1. The predicted octanol–water partition coefficient (Wildman–Crippen LogP) is 4.48. The van der Waals surface area contributed by atoms with E-state index in [2.05, 4.69) is 17.6 Å². The lowest BCUT2D eigenvalue weighted by Gasteiger charge is -2.25. The molecule has 0 saturated heterocycles. The number of nitrogen functional groups attached to an aromatic ring is 1. The second-order valence-corrected chi connectivity index (χ2v) is 9.86. The number of aromatic nitrogens is 1. The molecule has 2 heterocycles. The van der Waals surface area contributed by atoms with Gasteiger partial charge in [-0.05, 0) is 77.9 Å². The van der Waals surface area contributed by atoms with Crippen LogP contribution in [0, 0.1) is 5.92 Å². The first kappa shape index (κ1) is 27.1. The average Bonchev–Trinajstić information content (AvgIpc) is 2.94. The van der Waals surface area contributed by atoms with E-state index < -0.39 is 11.9 Å². The van der Waals surface area contributed by atoms with Gasteiger partial charge in [-0.25, -0.2) is 4.98 Å². The summed E-state index contributed by atoms with van der Waals surface area (Å²) >= 11 is 4.62. The van der Waals surface area contributed by atoms with Gasteiger partial charge in [0.2, 0.25) is 0 Å². The Kier molecular flexibility index (Phi) is 8.58. The number of hydrogen-bond acceptors (Lipinski definition) is 7. The lowest BCUT2D eigenvalue weighted by atomic mass is 9.93.